The average molecular weight is 393 g/mol. The predicted molar refractivity (Wildman–Crippen MR) is 110 cm³/mol. The van der Waals surface area contributed by atoms with E-state index in [0.29, 0.717) is 11.3 Å². The summed E-state index contributed by atoms with van der Waals surface area (Å²) < 4.78 is 32.4. The first-order chi connectivity index (χ1) is 13.5. The number of carbonyl (C=O) groups is 1. The van der Waals surface area contributed by atoms with Gasteiger partial charge in [0.2, 0.25) is 0 Å². The van der Waals surface area contributed by atoms with Gasteiger partial charge in [0.15, 0.2) is 0 Å². The third-order valence-corrected chi connectivity index (χ3v) is 5.42. The second-order valence-electron chi connectivity index (χ2n) is 5.98. The van der Waals surface area contributed by atoms with Crippen LogP contribution in [0.25, 0.3) is 17.2 Å². The Morgan fingerprint density at radius 1 is 0.893 bits per heavy atom. The largest absolute Gasteiger partial charge is 0.466 e. The monoisotopic (exact) mass is 393 g/mol. The Balaban J connectivity index is 1.78. The maximum absolute atomic E-state index is 12.7. The summed E-state index contributed by atoms with van der Waals surface area (Å²) in [6.45, 7) is 0. The molecule has 0 heterocycles. The third kappa shape index (κ3) is 4.86. The lowest BCUT2D eigenvalue weighted by molar-refractivity contribution is -0.134. The maximum Gasteiger partial charge on any atom is 0.330 e. The number of hydrogen-bond acceptors (Lipinski definition) is 4. The van der Waals surface area contributed by atoms with Crippen molar-refractivity contribution < 1.29 is 17.9 Å². The minimum absolute atomic E-state index is 0.169. The lowest BCUT2D eigenvalue weighted by Crippen LogP contribution is -2.12. The van der Waals surface area contributed by atoms with E-state index in [0.717, 1.165) is 11.1 Å². The molecule has 3 aromatic carbocycles. The highest BCUT2D eigenvalue weighted by atomic mass is 32.2. The normalized spacial score (nSPS) is 11.3. The smallest absolute Gasteiger partial charge is 0.330 e. The van der Waals surface area contributed by atoms with Gasteiger partial charge in [0.05, 0.1) is 12.0 Å². The molecule has 0 spiro atoms. The van der Waals surface area contributed by atoms with E-state index in [1.807, 2.05) is 30.3 Å². The molecule has 0 atom stereocenters. The number of esters is 1. The molecule has 142 valence electrons. The van der Waals surface area contributed by atoms with Crippen LogP contribution in [0.1, 0.15) is 5.56 Å². The number of methoxy groups -OCH3 is 1. The van der Waals surface area contributed by atoms with Gasteiger partial charge in [-0.05, 0) is 47.0 Å². The minimum atomic E-state index is -3.73. The molecule has 0 saturated carbocycles. The SMILES string of the molecule is COC(=O)C=Cc1cccc(NS(=O)(=O)c2ccc(-c3ccccc3)cc2)c1. The molecule has 0 radical (unpaired) electrons. The molecule has 0 aliphatic rings. The van der Waals surface area contributed by atoms with Crippen molar-refractivity contribution in [1.29, 1.82) is 0 Å². The van der Waals surface area contributed by atoms with Gasteiger partial charge >= 0.3 is 5.97 Å². The summed E-state index contributed by atoms with van der Waals surface area (Å²) in [7, 11) is -2.44. The van der Waals surface area contributed by atoms with Crippen LogP contribution < -0.4 is 4.72 Å². The molecule has 0 aromatic heterocycles. The molecule has 0 amide bonds. The zero-order valence-corrected chi connectivity index (χ0v) is 16.0. The van der Waals surface area contributed by atoms with Gasteiger partial charge in [-0.1, -0.05) is 54.6 Å². The van der Waals surface area contributed by atoms with Gasteiger partial charge in [-0.25, -0.2) is 13.2 Å². The van der Waals surface area contributed by atoms with Gasteiger partial charge < -0.3 is 4.74 Å². The first kappa shape index (κ1) is 19.4. The summed E-state index contributed by atoms with van der Waals surface area (Å²) >= 11 is 0. The van der Waals surface area contributed by atoms with E-state index < -0.39 is 16.0 Å². The average Bonchev–Trinajstić information content (AvgIpc) is 2.72. The van der Waals surface area contributed by atoms with Crippen LogP contribution >= 0.6 is 0 Å². The van der Waals surface area contributed by atoms with E-state index in [1.165, 1.54) is 13.2 Å². The quantitative estimate of drug-likeness (QED) is 0.499. The van der Waals surface area contributed by atoms with Crippen molar-refractivity contribution in [3.05, 3.63) is 90.5 Å². The molecule has 0 saturated heterocycles. The molecule has 6 heteroatoms. The van der Waals surface area contributed by atoms with E-state index in [9.17, 15) is 13.2 Å². The number of nitrogens with one attached hydrogen (secondary N) is 1. The Morgan fingerprint density at radius 3 is 2.25 bits per heavy atom. The van der Waals surface area contributed by atoms with Gasteiger partial charge in [-0.2, -0.15) is 0 Å². The molecular weight excluding hydrogens is 374 g/mol. The van der Waals surface area contributed by atoms with Crippen molar-refractivity contribution in [3.63, 3.8) is 0 Å². The van der Waals surface area contributed by atoms with Crippen LogP contribution in [-0.4, -0.2) is 21.5 Å². The van der Waals surface area contributed by atoms with Crippen molar-refractivity contribution in [2.24, 2.45) is 0 Å². The number of ether oxygens (including phenoxy) is 1. The Labute approximate surface area is 164 Å². The van der Waals surface area contributed by atoms with Crippen LogP contribution in [-0.2, 0) is 19.6 Å². The van der Waals surface area contributed by atoms with Gasteiger partial charge in [0.25, 0.3) is 10.0 Å². The summed E-state index contributed by atoms with van der Waals surface area (Å²) in [5, 5.41) is 0. The Kier molecular flexibility index (Phi) is 5.91. The lowest BCUT2D eigenvalue weighted by atomic mass is 10.1. The first-order valence-electron chi connectivity index (χ1n) is 8.52. The fraction of sp³-hybridized carbons (Fsp3) is 0.0455. The number of sulfonamides is 1. The van der Waals surface area contributed by atoms with E-state index >= 15 is 0 Å². The molecule has 5 nitrogen and oxygen atoms in total. The van der Waals surface area contributed by atoms with Crippen LogP contribution in [0.5, 0.6) is 0 Å². The van der Waals surface area contributed by atoms with Crippen molar-refractivity contribution in [1.82, 2.24) is 0 Å². The Bertz CT molecular complexity index is 1090. The van der Waals surface area contributed by atoms with Crippen molar-refractivity contribution in [3.8, 4) is 11.1 Å². The first-order valence-corrected chi connectivity index (χ1v) is 10.0. The minimum Gasteiger partial charge on any atom is -0.466 e. The molecule has 3 rings (SSSR count). The summed E-state index contributed by atoms with van der Waals surface area (Å²) in [6.07, 6.45) is 2.83. The highest BCUT2D eigenvalue weighted by Gasteiger charge is 2.14. The fourth-order valence-corrected chi connectivity index (χ4v) is 3.66. The van der Waals surface area contributed by atoms with Crippen LogP contribution in [0.4, 0.5) is 5.69 Å². The maximum atomic E-state index is 12.7. The number of hydrogen-bond donors (Lipinski definition) is 1. The lowest BCUT2D eigenvalue weighted by Gasteiger charge is -2.09. The molecule has 0 unspecified atom stereocenters. The number of benzene rings is 3. The van der Waals surface area contributed by atoms with E-state index in [2.05, 4.69) is 9.46 Å². The zero-order valence-electron chi connectivity index (χ0n) is 15.2. The Hall–Kier alpha value is -3.38. The molecule has 0 bridgehead atoms. The summed E-state index contributed by atoms with van der Waals surface area (Å²) in [5.41, 5.74) is 3.03. The van der Waals surface area contributed by atoms with Crippen molar-refractivity contribution >= 4 is 27.8 Å². The second kappa shape index (κ2) is 8.54. The number of carbonyl (C=O) groups excluding carboxylic acids is 1. The fourth-order valence-electron chi connectivity index (χ4n) is 2.61. The number of rotatable bonds is 6. The van der Waals surface area contributed by atoms with Crippen LogP contribution in [0.15, 0.2) is 89.8 Å². The number of anilines is 1. The van der Waals surface area contributed by atoms with Gasteiger partial charge in [0, 0.05) is 11.8 Å². The molecule has 1 N–H and O–H groups in total. The third-order valence-electron chi connectivity index (χ3n) is 4.02. The standard InChI is InChI=1S/C22H19NO4S/c1-27-22(24)15-10-17-6-5-9-20(16-17)23-28(25,26)21-13-11-19(12-14-21)18-7-3-2-4-8-18/h2-16,23H,1H3. The molecular formula is C22H19NO4S. The van der Waals surface area contributed by atoms with Crippen molar-refractivity contribution in [2.75, 3.05) is 11.8 Å². The zero-order chi connectivity index (χ0) is 20.0. The van der Waals surface area contributed by atoms with Crippen LogP contribution in [0, 0.1) is 0 Å². The molecule has 3 aromatic rings. The Morgan fingerprint density at radius 2 is 1.57 bits per heavy atom. The van der Waals surface area contributed by atoms with Crippen LogP contribution in [0.3, 0.4) is 0 Å². The van der Waals surface area contributed by atoms with E-state index in [1.54, 1.807) is 54.6 Å². The van der Waals surface area contributed by atoms with Gasteiger partial charge in [0.1, 0.15) is 0 Å². The van der Waals surface area contributed by atoms with Gasteiger partial charge in [-0.15, -0.1) is 0 Å². The topological polar surface area (TPSA) is 72.5 Å². The predicted octanol–water partition coefficient (Wildman–Crippen LogP) is 4.34. The van der Waals surface area contributed by atoms with Gasteiger partial charge in [-0.3, -0.25) is 4.72 Å². The van der Waals surface area contributed by atoms with E-state index in [4.69, 9.17) is 0 Å². The highest BCUT2D eigenvalue weighted by molar-refractivity contribution is 7.92. The highest BCUT2D eigenvalue weighted by Crippen LogP contribution is 2.23. The summed E-state index contributed by atoms with van der Waals surface area (Å²) in [4.78, 5) is 11.4. The van der Waals surface area contributed by atoms with Crippen molar-refractivity contribution in [2.45, 2.75) is 4.90 Å². The summed E-state index contributed by atoms with van der Waals surface area (Å²) in [6, 6.07) is 23.2. The van der Waals surface area contributed by atoms with Crippen LogP contribution in [0.2, 0.25) is 0 Å². The van der Waals surface area contributed by atoms with E-state index in [-0.39, 0.29) is 4.90 Å². The molecule has 0 aliphatic carbocycles. The summed E-state index contributed by atoms with van der Waals surface area (Å²) in [5.74, 6) is -0.482. The second-order valence-corrected chi connectivity index (χ2v) is 7.66. The molecule has 0 fully saturated rings. The molecule has 28 heavy (non-hydrogen) atoms. The molecule has 0 aliphatic heterocycles.